The summed E-state index contributed by atoms with van der Waals surface area (Å²) >= 11 is 0. The van der Waals surface area contributed by atoms with Gasteiger partial charge in [-0.3, -0.25) is 0 Å². The lowest BCUT2D eigenvalue weighted by molar-refractivity contribution is -0.0556. The highest BCUT2D eigenvalue weighted by atomic mass is 16.5. The molecule has 1 aliphatic rings. The van der Waals surface area contributed by atoms with Crippen LogP contribution in [-0.4, -0.2) is 34.6 Å². The largest absolute Gasteiger partial charge is 0.390 e. The van der Waals surface area contributed by atoms with Crippen LogP contribution in [0.1, 0.15) is 33.6 Å². The maximum atomic E-state index is 9.52. The summed E-state index contributed by atoms with van der Waals surface area (Å²) in [5.74, 6) is 0.106. The van der Waals surface area contributed by atoms with Gasteiger partial charge in [-0.1, -0.05) is 0 Å². The van der Waals surface area contributed by atoms with E-state index in [0.717, 1.165) is 6.42 Å². The summed E-state index contributed by atoms with van der Waals surface area (Å²) in [6, 6.07) is 0. The van der Waals surface area contributed by atoms with Crippen molar-refractivity contribution in [1.29, 1.82) is 0 Å². The Morgan fingerprint density at radius 3 is 2.23 bits per heavy atom. The molecule has 0 saturated heterocycles. The lowest BCUT2D eigenvalue weighted by atomic mass is 10.1. The minimum atomic E-state index is -0.595. The molecule has 0 heterocycles. The van der Waals surface area contributed by atoms with Crippen molar-refractivity contribution in [3.63, 3.8) is 0 Å². The Morgan fingerprint density at radius 2 is 1.85 bits per heavy atom. The molecular weight excluding hydrogens is 168 g/mol. The second-order valence-electron chi connectivity index (χ2n) is 4.82. The maximum absolute atomic E-state index is 9.52. The first-order valence-electron chi connectivity index (χ1n) is 4.90. The van der Waals surface area contributed by atoms with Crippen molar-refractivity contribution in [3.8, 4) is 0 Å². The van der Waals surface area contributed by atoms with Crippen LogP contribution in [0.15, 0.2) is 0 Å². The molecule has 0 radical (unpaired) electrons. The summed E-state index contributed by atoms with van der Waals surface area (Å²) in [6.45, 7) is 6.52. The average Bonchev–Trinajstić information content (AvgIpc) is 2.29. The summed E-state index contributed by atoms with van der Waals surface area (Å²) in [5.41, 5.74) is -0.159. The minimum absolute atomic E-state index is 0.106. The van der Waals surface area contributed by atoms with E-state index in [1.165, 1.54) is 0 Å². The molecule has 1 rings (SSSR count). The summed E-state index contributed by atoms with van der Waals surface area (Å²) in [5, 5.41) is 18.8. The topological polar surface area (TPSA) is 49.7 Å². The van der Waals surface area contributed by atoms with Crippen LogP contribution in [0, 0.1) is 5.92 Å². The molecule has 13 heavy (non-hydrogen) atoms. The van der Waals surface area contributed by atoms with Crippen molar-refractivity contribution in [3.05, 3.63) is 0 Å². The van der Waals surface area contributed by atoms with Crippen LogP contribution < -0.4 is 0 Å². The van der Waals surface area contributed by atoms with Gasteiger partial charge in [-0.05, 0) is 33.6 Å². The van der Waals surface area contributed by atoms with Gasteiger partial charge in [-0.2, -0.15) is 0 Å². The molecule has 0 aromatic carbocycles. The predicted octanol–water partition coefficient (Wildman–Crippen LogP) is 0.933. The molecule has 3 heteroatoms. The average molecular weight is 188 g/mol. The van der Waals surface area contributed by atoms with Crippen molar-refractivity contribution in [2.45, 2.75) is 51.4 Å². The lowest BCUT2D eigenvalue weighted by Gasteiger charge is -2.24. The van der Waals surface area contributed by atoms with E-state index < -0.39 is 12.2 Å². The Kier molecular flexibility index (Phi) is 3.33. The lowest BCUT2D eigenvalue weighted by Crippen LogP contribution is -2.31. The van der Waals surface area contributed by atoms with Crippen LogP contribution in [0.2, 0.25) is 0 Å². The third-order valence-corrected chi connectivity index (χ3v) is 2.44. The number of aliphatic hydroxyl groups is 2. The first-order valence-corrected chi connectivity index (χ1v) is 4.90. The van der Waals surface area contributed by atoms with E-state index in [1.54, 1.807) is 0 Å². The summed E-state index contributed by atoms with van der Waals surface area (Å²) < 4.78 is 5.56. The normalized spacial score (nSPS) is 35.3. The molecule has 3 nitrogen and oxygen atoms in total. The van der Waals surface area contributed by atoms with Gasteiger partial charge in [-0.15, -0.1) is 0 Å². The van der Waals surface area contributed by atoms with Gasteiger partial charge in [0.05, 0.1) is 24.4 Å². The second-order valence-corrected chi connectivity index (χ2v) is 4.82. The van der Waals surface area contributed by atoms with Gasteiger partial charge in [0.25, 0.3) is 0 Å². The molecule has 1 aliphatic carbocycles. The third-order valence-electron chi connectivity index (χ3n) is 2.44. The molecule has 0 bridgehead atoms. The number of hydrogen-bond acceptors (Lipinski definition) is 3. The monoisotopic (exact) mass is 188 g/mol. The maximum Gasteiger partial charge on any atom is 0.0849 e. The third kappa shape index (κ3) is 3.25. The van der Waals surface area contributed by atoms with E-state index in [2.05, 4.69) is 0 Å². The van der Waals surface area contributed by atoms with Crippen molar-refractivity contribution >= 4 is 0 Å². The molecule has 3 atom stereocenters. The van der Waals surface area contributed by atoms with Gasteiger partial charge >= 0.3 is 0 Å². The summed E-state index contributed by atoms with van der Waals surface area (Å²) in [4.78, 5) is 0. The van der Waals surface area contributed by atoms with Gasteiger partial charge in [0.15, 0.2) is 0 Å². The molecule has 0 aromatic heterocycles. The van der Waals surface area contributed by atoms with Gasteiger partial charge in [0, 0.05) is 5.92 Å². The Bertz CT molecular complexity index is 162. The molecule has 2 N–H and O–H groups in total. The van der Waals surface area contributed by atoms with Crippen LogP contribution in [0.3, 0.4) is 0 Å². The van der Waals surface area contributed by atoms with Crippen LogP contribution >= 0.6 is 0 Å². The van der Waals surface area contributed by atoms with Crippen molar-refractivity contribution < 1.29 is 14.9 Å². The number of ether oxygens (including phenoxy) is 1. The SMILES string of the molecule is CC(C)(C)OCC1CCC(O)C1O. The number of hydrogen-bond donors (Lipinski definition) is 2. The zero-order valence-corrected chi connectivity index (χ0v) is 8.66. The molecule has 0 spiro atoms. The highest BCUT2D eigenvalue weighted by Crippen LogP contribution is 2.27. The molecule has 0 aliphatic heterocycles. The Hall–Kier alpha value is -0.120. The van der Waals surface area contributed by atoms with Crippen LogP contribution in [0.5, 0.6) is 0 Å². The zero-order valence-electron chi connectivity index (χ0n) is 8.66. The first-order chi connectivity index (χ1) is 5.90. The Labute approximate surface area is 79.7 Å². The Morgan fingerprint density at radius 1 is 1.23 bits per heavy atom. The number of rotatable bonds is 2. The fraction of sp³-hybridized carbons (Fsp3) is 1.00. The Balaban J connectivity index is 2.30. The van der Waals surface area contributed by atoms with Crippen LogP contribution in [0.4, 0.5) is 0 Å². The van der Waals surface area contributed by atoms with Gasteiger partial charge in [0.2, 0.25) is 0 Å². The van der Waals surface area contributed by atoms with Gasteiger partial charge in [0.1, 0.15) is 0 Å². The van der Waals surface area contributed by atoms with Crippen LogP contribution in [-0.2, 0) is 4.74 Å². The quantitative estimate of drug-likeness (QED) is 0.678. The first kappa shape index (κ1) is 11.0. The molecule has 0 aromatic rings. The molecule has 78 valence electrons. The second kappa shape index (κ2) is 3.95. The van der Waals surface area contributed by atoms with Crippen molar-refractivity contribution in [1.82, 2.24) is 0 Å². The van der Waals surface area contributed by atoms with E-state index in [0.29, 0.717) is 13.0 Å². The van der Waals surface area contributed by atoms with E-state index >= 15 is 0 Å². The molecular formula is C10H20O3. The standard InChI is InChI=1S/C10H20O3/c1-10(2,3)13-6-7-4-5-8(11)9(7)12/h7-9,11-12H,4-6H2,1-3H3. The fourth-order valence-corrected chi connectivity index (χ4v) is 1.58. The minimum Gasteiger partial charge on any atom is -0.390 e. The fourth-order valence-electron chi connectivity index (χ4n) is 1.58. The predicted molar refractivity (Wildman–Crippen MR) is 50.4 cm³/mol. The van der Waals surface area contributed by atoms with Gasteiger partial charge < -0.3 is 14.9 Å². The van der Waals surface area contributed by atoms with Crippen LogP contribution in [0.25, 0.3) is 0 Å². The van der Waals surface area contributed by atoms with Gasteiger partial charge in [-0.25, -0.2) is 0 Å². The molecule has 1 saturated carbocycles. The van der Waals surface area contributed by atoms with E-state index in [-0.39, 0.29) is 11.5 Å². The smallest absolute Gasteiger partial charge is 0.0849 e. The molecule has 1 fully saturated rings. The van der Waals surface area contributed by atoms with E-state index in [9.17, 15) is 10.2 Å². The summed E-state index contributed by atoms with van der Waals surface area (Å²) in [7, 11) is 0. The van der Waals surface area contributed by atoms with Crippen molar-refractivity contribution in [2.24, 2.45) is 5.92 Å². The molecule has 0 amide bonds. The van der Waals surface area contributed by atoms with E-state index in [1.807, 2.05) is 20.8 Å². The zero-order chi connectivity index (χ0) is 10.1. The highest BCUT2D eigenvalue weighted by molar-refractivity contribution is 4.84. The van der Waals surface area contributed by atoms with Crippen molar-refractivity contribution in [2.75, 3.05) is 6.61 Å². The molecule has 3 unspecified atom stereocenters. The number of aliphatic hydroxyl groups excluding tert-OH is 2. The van der Waals surface area contributed by atoms with E-state index in [4.69, 9.17) is 4.74 Å². The highest BCUT2D eigenvalue weighted by Gasteiger charge is 2.34. The summed E-state index contributed by atoms with van der Waals surface area (Å²) in [6.07, 6.45) is 0.411.